The molecule has 2 N–H and O–H groups in total. The summed E-state index contributed by atoms with van der Waals surface area (Å²) in [4.78, 5) is 14.5. The minimum Gasteiger partial charge on any atom is -0.454 e. The van der Waals surface area contributed by atoms with Gasteiger partial charge >= 0.3 is 0 Å². The standard InChI is InChI=1S/C14H14BrN3O3/c1-2-12(16)13-6-4-10(8-17-13)21-14-7-9(18(19)20)3-5-11(14)15/h3-8,12H,2,16H2,1H3/t12-/m0/s1. The molecule has 0 spiro atoms. The van der Waals surface area contributed by atoms with Gasteiger partial charge in [0.2, 0.25) is 0 Å². The largest absolute Gasteiger partial charge is 0.454 e. The zero-order chi connectivity index (χ0) is 15.4. The number of ether oxygens (including phenoxy) is 1. The Labute approximate surface area is 130 Å². The summed E-state index contributed by atoms with van der Waals surface area (Å²) in [5.41, 5.74) is 6.63. The predicted molar refractivity (Wildman–Crippen MR) is 82.3 cm³/mol. The van der Waals surface area contributed by atoms with Crippen molar-refractivity contribution in [3.63, 3.8) is 0 Å². The van der Waals surface area contributed by atoms with Crippen molar-refractivity contribution < 1.29 is 9.66 Å². The molecule has 1 atom stereocenters. The Morgan fingerprint density at radius 3 is 2.76 bits per heavy atom. The highest BCUT2D eigenvalue weighted by Crippen LogP contribution is 2.32. The van der Waals surface area contributed by atoms with E-state index >= 15 is 0 Å². The van der Waals surface area contributed by atoms with Crippen LogP contribution in [0.4, 0.5) is 5.69 Å². The molecular weight excluding hydrogens is 338 g/mol. The number of nitro benzene ring substituents is 1. The number of nitro groups is 1. The number of nitrogens with zero attached hydrogens (tertiary/aromatic N) is 2. The molecule has 1 aromatic carbocycles. The van der Waals surface area contributed by atoms with Crippen molar-refractivity contribution in [1.82, 2.24) is 4.98 Å². The van der Waals surface area contributed by atoms with Crippen LogP contribution in [-0.2, 0) is 0 Å². The predicted octanol–water partition coefficient (Wildman–Crippen LogP) is 3.95. The molecule has 2 aromatic rings. The van der Waals surface area contributed by atoms with Crippen LogP contribution in [0.1, 0.15) is 25.1 Å². The van der Waals surface area contributed by atoms with E-state index in [2.05, 4.69) is 20.9 Å². The average molecular weight is 352 g/mol. The van der Waals surface area contributed by atoms with Gasteiger partial charge in [0.25, 0.3) is 5.69 Å². The minimum absolute atomic E-state index is 0.0363. The zero-order valence-electron chi connectivity index (χ0n) is 11.3. The lowest BCUT2D eigenvalue weighted by molar-refractivity contribution is -0.384. The van der Waals surface area contributed by atoms with Crippen LogP contribution in [0.5, 0.6) is 11.5 Å². The molecule has 0 saturated heterocycles. The van der Waals surface area contributed by atoms with Crippen LogP contribution in [0.25, 0.3) is 0 Å². The van der Waals surface area contributed by atoms with Crippen LogP contribution in [0.15, 0.2) is 41.0 Å². The SMILES string of the molecule is CC[C@H](N)c1ccc(Oc2cc([N+](=O)[O-])ccc2Br)cn1. The third-order valence-electron chi connectivity index (χ3n) is 2.93. The van der Waals surface area contributed by atoms with Crippen LogP contribution in [0.2, 0.25) is 0 Å². The summed E-state index contributed by atoms with van der Waals surface area (Å²) in [6, 6.07) is 7.75. The fraction of sp³-hybridized carbons (Fsp3) is 0.214. The molecule has 0 amide bonds. The smallest absolute Gasteiger partial charge is 0.273 e. The molecule has 110 valence electrons. The summed E-state index contributed by atoms with van der Waals surface area (Å²) in [5, 5.41) is 10.8. The van der Waals surface area contributed by atoms with Gasteiger partial charge in [-0.3, -0.25) is 15.1 Å². The van der Waals surface area contributed by atoms with Gasteiger partial charge in [-0.1, -0.05) is 6.92 Å². The van der Waals surface area contributed by atoms with E-state index in [4.69, 9.17) is 10.5 Å². The Hall–Kier alpha value is -1.99. The molecule has 21 heavy (non-hydrogen) atoms. The molecule has 0 aliphatic heterocycles. The maximum absolute atomic E-state index is 10.8. The second-order valence-corrected chi connectivity index (χ2v) is 5.26. The molecule has 7 heteroatoms. The Morgan fingerprint density at radius 1 is 1.43 bits per heavy atom. The second kappa shape index (κ2) is 6.64. The molecule has 1 heterocycles. The highest BCUT2D eigenvalue weighted by Gasteiger charge is 2.12. The first-order valence-electron chi connectivity index (χ1n) is 6.34. The number of pyridine rings is 1. The first-order valence-corrected chi connectivity index (χ1v) is 7.14. The van der Waals surface area contributed by atoms with Crippen molar-refractivity contribution in [2.75, 3.05) is 0 Å². The summed E-state index contributed by atoms with van der Waals surface area (Å²) in [7, 11) is 0. The van der Waals surface area contributed by atoms with Gasteiger partial charge in [-0.05, 0) is 40.5 Å². The monoisotopic (exact) mass is 351 g/mol. The highest BCUT2D eigenvalue weighted by atomic mass is 79.9. The van der Waals surface area contributed by atoms with Gasteiger partial charge in [-0.2, -0.15) is 0 Å². The minimum atomic E-state index is -0.471. The van der Waals surface area contributed by atoms with Gasteiger partial charge < -0.3 is 10.5 Å². The van der Waals surface area contributed by atoms with E-state index in [1.807, 2.05) is 6.92 Å². The zero-order valence-corrected chi connectivity index (χ0v) is 12.9. The van der Waals surface area contributed by atoms with Crippen LogP contribution >= 0.6 is 15.9 Å². The maximum atomic E-state index is 10.8. The summed E-state index contributed by atoms with van der Waals surface area (Å²) in [5.74, 6) is 0.849. The number of rotatable bonds is 5. The van der Waals surface area contributed by atoms with Gasteiger partial charge in [0.05, 0.1) is 27.4 Å². The normalized spacial score (nSPS) is 12.0. The fourth-order valence-electron chi connectivity index (χ4n) is 1.69. The van der Waals surface area contributed by atoms with Crippen molar-refractivity contribution in [1.29, 1.82) is 0 Å². The van der Waals surface area contributed by atoms with E-state index in [0.29, 0.717) is 16.0 Å². The molecule has 6 nitrogen and oxygen atoms in total. The summed E-state index contributed by atoms with van der Waals surface area (Å²) >= 11 is 3.30. The Morgan fingerprint density at radius 2 is 2.19 bits per heavy atom. The third-order valence-corrected chi connectivity index (χ3v) is 3.59. The summed E-state index contributed by atoms with van der Waals surface area (Å²) < 4.78 is 6.24. The van der Waals surface area contributed by atoms with Crippen LogP contribution < -0.4 is 10.5 Å². The lowest BCUT2D eigenvalue weighted by Crippen LogP contribution is -2.10. The quantitative estimate of drug-likeness (QED) is 0.650. The number of benzene rings is 1. The van der Waals surface area contributed by atoms with E-state index in [9.17, 15) is 10.1 Å². The second-order valence-electron chi connectivity index (χ2n) is 4.41. The van der Waals surface area contributed by atoms with Crippen molar-refractivity contribution >= 4 is 21.6 Å². The fourth-order valence-corrected chi connectivity index (χ4v) is 2.02. The van der Waals surface area contributed by atoms with Gasteiger partial charge in [-0.15, -0.1) is 0 Å². The number of aromatic nitrogens is 1. The van der Waals surface area contributed by atoms with E-state index in [0.717, 1.165) is 12.1 Å². The topological polar surface area (TPSA) is 91.3 Å². The number of hydrogen-bond acceptors (Lipinski definition) is 5. The van der Waals surface area contributed by atoms with E-state index in [1.165, 1.54) is 12.1 Å². The van der Waals surface area contributed by atoms with Gasteiger partial charge in [0, 0.05) is 12.1 Å². The number of nitrogens with two attached hydrogens (primary N) is 1. The van der Waals surface area contributed by atoms with Crippen molar-refractivity contribution in [3.8, 4) is 11.5 Å². The van der Waals surface area contributed by atoms with Crippen LogP contribution in [0, 0.1) is 10.1 Å². The number of halogens is 1. The molecule has 2 rings (SSSR count). The average Bonchev–Trinajstić information content (AvgIpc) is 2.49. The molecule has 0 radical (unpaired) electrons. The van der Waals surface area contributed by atoms with E-state index < -0.39 is 4.92 Å². The van der Waals surface area contributed by atoms with E-state index in [1.54, 1.807) is 24.4 Å². The first-order chi connectivity index (χ1) is 10.0. The van der Waals surface area contributed by atoms with E-state index in [-0.39, 0.29) is 11.7 Å². The molecule has 0 aliphatic carbocycles. The first kappa shape index (κ1) is 15.4. The number of hydrogen-bond donors (Lipinski definition) is 1. The Bertz CT molecular complexity index is 646. The van der Waals surface area contributed by atoms with Crippen molar-refractivity contribution in [3.05, 3.63) is 56.8 Å². The van der Waals surface area contributed by atoms with Crippen molar-refractivity contribution in [2.24, 2.45) is 5.73 Å². The summed E-state index contributed by atoms with van der Waals surface area (Å²) in [6.45, 7) is 1.98. The molecular formula is C14H14BrN3O3. The maximum Gasteiger partial charge on any atom is 0.273 e. The third kappa shape index (κ3) is 3.77. The molecule has 0 fully saturated rings. The lowest BCUT2D eigenvalue weighted by atomic mass is 10.1. The lowest BCUT2D eigenvalue weighted by Gasteiger charge is -2.10. The Kier molecular flexibility index (Phi) is 4.87. The highest BCUT2D eigenvalue weighted by molar-refractivity contribution is 9.10. The Balaban J connectivity index is 2.22. The molecule has 0 aliphatic rings. The molecule has 1 aromatic heterocycles. The van der Waals surface area contributed by atoms with Crippen molar-refractivity contribution in [2.45, 2.75) is 19.4 Å². The van der Waals surface area contributed by atoms with Crippen LogP contribution in [-0.4, -0.2) is 9.91 Å². The number of non-ortho nitro benzene ring substituents is 1. The molecule has 0 saturated carbocycles. The van der Waals surface area contributed by atoms with Crippen LogP contribution in [0.3, 0.4) is 0 Å². The molecule has 0 unspecified atom stereocenters. The van der Waals surface area contributed by atoms with Gasteiger partial charge in [0.1, 0.15) is 11.5 Å². The molecule has 0 bridgehead atoms. The van der Waals surface area contributed by atoms with Gasteiger partial charge in [-0.25, -0.2) is 0 Å². The summed E-state index contributed by atoms with van der Waals surface area (Å²) in [6.07, 6.45) is 2.35. The van der Waals surface area contributed by atoms with Gasteiger partial charge in [0.15, 0.2) is 0 Å².